The zero-order chi connectivity index (χ0) is 49.6. The standard InChI is InChI=1S/C53H60N8O6S2/c1-33-26-41(23-24-43(33)54-8)60-50(66)53(6,7)61(51(60)68)40-21-18-36(19-22-40)38-17-20-39(55-29-38)12-10-9-11-25-67-31-45(63)58-47(52(3,4)5)49(65)59-30-42(62)27-44(59)48(64)56-28-35-13-15-37(16-14-35)46-34(2)57-32-69-46/h13-24,26,29,32,42,44,47,62H,9-12,25,27-28,30-31H2,1-7H3,(H,56,64)(H,58,63)/t42-,44+,47-/m1/s1. The molecule has 4 heterocycles. The van der Waals surface area contributed by atoms with Crippen molar-refractivity contribution in [1.82, 2.24) is 25.5 Å². The summed E-state index contributed by atoms with van der Waals surface area (Å²) < 4.78 is 5.72. The monoisotopic (exact) mass is 968 g/mol. The molecule has 0 saturated carbocycles. The Balaban J connectivity index is 0.831. The number of nitrogens with one attached hydrogen (secondary N) is 2. The fraction of sp³-hybridized carbons (Fsp3) is 0.396. The second-order valence-corrected chi connectivity index (χ2v) is 20.5. The van der Waals surface area contributed by atoms with Crippen LogP contribution in [-0.2, 0) is 36.9 Å². The normalized spacial score (nSPS) is 17.2. The van der Waals surface area contributed by atoms with E-state index in [0.29, 0.717) is 23.1 Å². The summed E-state index contributed by atoms with van der Waals surface area (Å²) in [5.74, 6) is -1.36. The number of hydrogen-bond acceptors (Lipinski definition) is 10. The van der Waals surface area contributed by atoms with Gasteiger partial charge in [0.15, 0.2) is 10.8 Å². The molecule has 5 aromatic rings. The van der Waals surface area contributed by atoms with Crippen molar-refractivity contribution in [3.8, 4) is 21.6 Å². The minimum absolute atomic E-state index is 0.00545. The zero-order valence-electron chi connectivity index (χ0n) is 40.2. The first-order valence-electron chi connectivity index (χ1n) is 23.2. The lowest BCUT2D eigenvalue weighted by molar-refractivity contribution is -0.144. The molecule has 16 heteroatoms. The van der Waals surface area contributed by atoms with Gasteiger partial charge in [-0.25, -0.2) is 9.83 Å². The molecule has 2 aromatic heterocycles. The van der Waals surface area contributed by atoms with E-state index in [1.54, 1.807) is 28.4 Å². The number of anilines is 2. The lowest BCUT2D eigenvalue weighted by atomic mass is 9.85. The Hall–Kier alpha value is -6.38. The van der Waals surface area contributed by atoms with Gasteiger partial charge in [-0.15, -0.1) is 11.3 Å². The molecule has 4 amide bonds. The summed E-state index contributed by atoms with van der Waals surface area (Å²) in [4.78, 5) is 72.7. The fourth-order valence-electron chi connectivity index (χ4n) is 8.74. The summed E-state index contributed by atoms with van der Waals surface area (Å²) in [6.45, 7) is 20.9. The number of likely N-dealkylation sites (tertiary alicyclic amines) is 1. The number of aliphatic hydroxyl groups excluding tert-OH is 1. The summed E-state index contributed by atoms with van der Waals surface area (Å²) in [7, 11) is 0. The topological polar surface area (TPSA) is 162 Å². The highest BCUT2D eigenvalue weighted by atomic mass is 32.1. The maximum atomic E-state index is 14.0. The number of thiazole rings is 1. The first-order chi connectivity index (χ1) is 32.9. The zero-order valence-corrected chi connectivity index (χ0v) is 41.9. The van der Waals surface area contributed by atoms with Gasteiger partial charge < -0.3 is 30.3 Å². The molecule has 3 atom stereocenters. The number of hydrogen-bond donors (Lipinski definition) is 3. The maximum absolute atomic E-state index is 14.0. The molecule has 0 spiro atoms. The smallest absolute Gasteiger partial charge is 0.259 e. The molecule has 2 aliphatic heterocycles. The third kappa shape index (κ3) is 11.6. The number of aromatic nitrogens is 2. The van der Waals surface area contributed by atoms with E-state index in [0.717, 1.165) is 75.5 Å². The first-order valence-corrected chi connectivity index (χ1v) is 24.5. The Labute approximate surface area is 413 Å². The molecule has 14 nitrogen and oxygen atoms in total. The number of ether oxygens (including phenoxy) is 1. The third-order valence-corrected chi connectivity index (χ3v) is 14.0. The van der Waals surface area contributed by atoms with Gasteiger partial charge in [0.25, 0.3) is 5.91 Å². The van der Waals surface area contributed by atoms with Crippen LogP contribution in [0.4, 0.5) is 17.1 Å². The van der Waals surface area contributed by atoms with Crippen LogP contribution in [0.2, 0.25) is 0 Å². The molecule has 2 saturated heterocycles. The van der Waals surface area contributed by atoms with Crippen molar-refractivity contribution < 1.29 is 29.0 Å². The molecule has 3 N–H and O–H groups in total. The van der Waals surface area contributed by atoms with Crippen LogP contribution in [0, 0.1) is 25.8 Å². The Morgan fingerprint density at radius 1 is 0.957 bits per heavy atom. The van der Waals surface area contributed by atoms with Gasteiger partial charge in [0.2, 0.25) is 17.7 Å². The Morgan fingerprint density at radius 2 is 1.65 bits per heavy atom. The maximum Gasteiger partial charge on any atom is 0.259 e. The Bertz CT molecular complexity index is 2730. The molecule has 0 unspecified atom stereocenters. The predicted octanol–water partition coefficient (Wildman–Crippen LogP) is 8.49. The number of amides is 4. The number of rotatable bonds is 17. The van der Waals surface area contributed by atoms with E-state index in [1.807, 2.05) is 132 Å². The van der Waals surface area contributed by atoms with Crippen LogP contribution < -0.4 is 20.4 Å². The Kier molecular flexibility index (Phi) is 15.7. The van der Waals surface area contributed by atoms with Gasteiger partial charge in [-0.05, 0) is 117 Å². The van der Waals surface area contributed by atoms with Crippen LogP contribution in [-0.4, -0.2) is 92.2 Å². The summed E-state index contributed by atoms with van der Waals surface area (Å²) in [5, 5.41) is 16.8. The SMILES string of the molecule is [C-]#[N+]c1ccc(N2C(=O)C(C)(C)N(c3ccc(-c4ccc(CCCCCOCC(=O)N[C@H](C(=O)N5C[C@H](O)C[C@H]5C(=O)NCc5ccc(-c6scnc6C)cc5)C(C)(C)C)nc4)cc3)C2=S)cc1C. The van der Waals surface area contributed by atoms with E-state index in [2.05, 4.69) is 20.5 Å². The number of nitrogens with zero attached hydrogens (tertiary/aromatic N) is 6. The van der Waals surface area contributed by atoms with Crippen molar-refractivity contribution in [3.05, 3.63) is 125 Å². The first kappa shape index (κ1) is 50.5. The minimum atomic E-state index is -0.943. The second kappa shape index (κ2) is 21.5. The van der Waals surface area contributed by atoms with Gasteiger partial charge in [0.1, 0.15) is 24.2 Å². The van der Waals surface area contributed by atoms with Crippen LogP contribution in [0.3, 0.4) is 0 Å². The number of benzene rings is 3. The number of thiocarbonyl (C=S) groups is 1. The highest BCUT2D eigenvalue weighted by Gasteiger charge is 2.50. The lowest BCUT2D eigenvalue weighted by Gasteiger charge is -2.35. The van der Waals surface area contributed by atoms with Crippen molar-refractivity contribution in [2.75, 3.05) is 29.6 Å². The molecule has 69 heavy (non-hydrogen) atoms. The molecular weight excluding hydrogens is 909 g/mol. The third-order valence-electron chi connectivity index (χ3n) is 12.7. The quantitative estimate of drug-likeness (QED) is 0.0468. The number of aryl methyl sites for hydroxylation is 3. The number of pyridine rings is 1. The van der Waals surface area contributed by atoms with Gasteiger partial charge >= 0.3 is 0 Å². The molecule has 2 aliphatic rings. The van der Waals surface area contributed by atoms with Crippen molar-refractivity contribution in [3.63, 3.8) is 0 Å². The van der Waals surface area contributed by atoms with Crippen LogP contribution >= 0.6 is 23.6 Å². The number of carbonyl (C=O) groups excluding carboxylic acids is 4. The lowest BCUT2D eigenvalue weighted by Crippen LogP contribution is -2.58. The average Bonchev–Trinajstić information content (AvgIpc) is 3.99. The summed E-state index contributed by atoms with van der Waals surface area (Å²) in [6.07, 6.45) is 4.39. The number of aliphatic hydroxyl groups is 1. The molecule has 0 aliphatic carbocycles. The minimum Gasteiger partial charge on any atom is -0.391 e. The van der Waals surface area contributed by atoms with Crippen molar-refractivity contribution in [2.45, 2.75) is 111 Å². The van der Waals surface area contributed by atoms with Crippen molar-refractivity contribution in [1.29, 1.82) is 0 Å². The molecule has 3 aromatic carbocycles. The van der Waals surface area contributed by atoms with E-state index in [4.69, 9.17) is 28.5 Å². The van der Waals surface area contributed by atoms with Gasteiger partial charge in [0, 0.05) is 54.9 Å². The van der Waals surface area contributed by atoms with Crippen molar-refractivity contribution in [2.24, 2.45) is 5.41 Å². The van der Waals surface area contributed by atoms with E-state index >= 15 is 0 Å². The molecular formula is C53H60N8O6S2. The molecule has 0 bridgehead atoms. The van der Waals surface area contributed by atoms with Gasteiger partial charge in [-0.3, -0.25) is 29.1 Å². The van der Waals surface area contributed by atoms with Gasteiger partial charge in [0.05, 0.1) is 28.8 Å². The predicted molar refractivity (Wildman–Crippen MR) is 274 cm³/mol. The summed E-state index contributed by atoms with van der Waals surface area (Å²) >= 11 is 7.44. The van der Waals surface area contributed by atoms with Crippen LogP contribution in [0.15, 0.2) is 90.6 Å². The second-order valence-electron chi connectivity index (χ2n) is 19.3. The number of carbonyl (C=O) groups is 4. The number of β-amino-alcohol motifs (C(OH)–C–C–N with tert-alkyl or cyclic N) is 1. The Morgan fingerprint density at radius 3 is 2.29 bits per heavy atom. The fourth-order valence-corrected chi connectivity index (χ4v) is 10.1. The average molecular weight is 969 g/mol. The van der Waals surface area contributed by atoms with E-state index in [-0.39, 0.29) is 37.9 Å². The van der Waals surface area contributed by atoms with Crippen LogP contribution in [0.1, 0.15) is 82.8 Å². The van der Waals surface area contributed by atoms with Gasteiger partial charge in [-0.1, -0.05) is 75.7 Å². The molecule has 360 valence electrons. The van der Waals surface area contributed by atoms with Crippen LogP contribution in [0.25, 0.3) is 26.4 Å². The largest absolute Gasteiger partial charge is 0.391 e. The number of unbranched alkanes of at least 4 members (excludes halogenated alkanes) is 2. The van der Waals surface area contributed by atoms with Crippen molar-refractivity contribution >= 4 is 69.4 Å². The molecule has 0 radical (unpaired) electrons. The van der Waals surface area contributed by atoms with E-state index in [1.165, 1.54) is 4.90 Å². The van der Waals surface area contributed by atoms with Crippen LogP contribution in [0.5, 0.6) is 0 Å². The van der Waals surface area contributed by atoms with E-state index < -0.39 is 41.0 Å². The van der Waals surface area contributed by atoms with E-state index in [9.17, 15) is 24.3 Å². The molecule has 7 rings (SSSR count). The summed E-state index contributed by atoms with van der Waals surface area (Å²) in [5.41, 5.74) is 8.79. The summed E-state index contributed by atoms with van der Waals surface area (Å²) in [6, 6.07) is 23.4. The van der Waals surface area contributed by atoms with Gasteiger partial charge in [-0.2, -0.15) is 0 Å². The molecule has 2 fully saturated rings. The highest BCUT2D eigenvalue weighted by Crippen LogP contribution is 2.38. The highest BCUT2D eigenvalue weighted by molar-refractivity contribution is 7.81.